The molecule has 0 aliphatic rings. The molecule has 0 unspecified atom stereocenters. The van der Waals surface area contributed by atoms with Crippen LogP contribution in [0, 0.1) is 0 Å². The van der Waals surface area contributed by atoms with Crippen molar-refractivity contribution >= 4 is 92.1 Å². The standard InChI is InChI=1S/C38H15N3O5/c42-33-17-10-12-19-27-23(38(46)41-26-9-5-4-8-25(26)39-35(19)41)14-21-31(29(17)27)32-22(33)15-24-28-20(13-11-18(30(28)32)34(21)43)36(44)40(37(24)45)16-6-2-1-3-7-16/h1-15H/p+1. The van der Waals surface area contributed by atoms with Gasteiger partial charge in [-0.3, -0.25) is 19.2 Å². The second-order valence-electron chi connectivity index (χ2n) is 12.1. The number of para-hydroxylation sites is 3. The van der Waals surface area contributed by atoms with Gasteiger partial charge in [0, 0.05) is 64.6 Å². The summed E-state index contributed by atoms with van der Waals surface area (Å²) >= 11 is 0. The van der Waals surface area contributed by atoms with Crippen LogP contribution in [-0.2, 0) is 0 Å². The molecule has 0 spiro atoms. The molecule has 8 aromatic carbocycles. The van der Waals surface area contributed by atoms with E-state index in [-0.39, 0.29) is 27.2 Å². The summed E-state index contributed by atoms with van der Waals surface area (Å²) in [5.74, 6) is 0. The van der Waals surface area contributed by atoms with E-state index in [1.807, 2.05) is 30.3 Å². The van der Waals surface area contributed by atoms with Gasteiger partial charge < -0.3 is 0 Å². The minimum Gasteiger partial charge on any atom is -0.289 e. The molecule has 3 heterocycles. The number of hydrogen-bond acceptors (Lipinski definition) is 5. The molecule has 11 rings (SSSR count). The molecular formula is C38H16N3O5+. The van der Waals surface area contributed by atoms with Gasteiger partial charge in [-0.25, -0.2) is 14.3 Å². The summed E-state index contributed by atoms with van der Waals surface area (Å²) in [7, 11) is 0. The SMILES string of the molecule is O=c1c2ccc3c4c(cc5c(=O)c6ccc7c(=O)n(-c8ccccc8)c(=O)c8cc1c(c6c78)c5c24)c(=O)[n+]1c2ccccc2[nH]c31. The van der Waals surface area contributed by atoms with E-state index in [1.165, 1.54) is 0 Å². The van der Waals surface area contributed by atoms with Gasteiger partial charge in [0.25, 0.3) is 16.8 Å². The number of imidazole rings is 1. The molecular weight excluding hydrogens is 578 g/mol. The highest BCUT2D eigenvalue weighted by molar-refractivity contribution is 6.42. The lowest BCUT2D eigenvalue weighted by atomic mass is 9.83. The third kappa shape index (κ3) is 2.45. The molecule has 0 saturated heterocycles. The lowest BCUT2D eigenvalue weighted by Crippen LogP contribution is -2.40. The first-order valence-corrected chi connectivity index (χ1v) is 14.8. The van der Waals surface area contributed by atoms with Crippen LogP contribution in [0.1, 0.15) is 0 Å². The van der Waals surface area contributed by atoms with Gasteiger partial charge in [-0.15, -0.1) is 0 Å². The van der Waals surface area contributed by atoms with Crippen molar-refractivity contribution in [3.63, 3.8) is 0 Å². The summed E-state index contributed by atoms with van der Waals surface area (Å²) < 4.78 is 2.75. The van der Waals surface area contributed by atoms with Crippen molar-refractivity contribution in [1.82, 2.24) is 9.55 Å². The van der Waals surface area contributed by atoms with Crippen LogP contribution in [0.4, 0.5) is 0 Å². The monoisotopic (exact) mass is 594 g/mol. The fourth-order valence-electron chi connectivity index (χ4n) is 8.13. The predicted molar refractivity (Wildman–Crippen MR) is 181 cm³/mol. The molecule has 0 radical (unpaired) electrons. The van der Waals surface area contributed by atoms with E-state index in [9.17, 15) is 24.0 Å². The Morgan fingerprint density at radius 1 is 0.478 bits per heavy atom. The van der Waals surface area contributed by atoms with Crippen LogP contribution in [-0.4, -0.2) is 9.55 Å². The number of aromatic nitrogens is 3. The molecule has 0 aliphatic heterocycles. The number of nitrogens with one attached hydrogen (secondary N) is 1. The summed E-state index contributed by atoms with van der Waals surface area (Å²) in [6.45, 7) is 0. The van der Waals surface area contributed by atoms with Gasteiger partial charge in [-0.05, 0) is 60.7 Å². The third-order valence-corrected chi connectivity index (χ3v) is 9.99. The van der Waals surface area contributed by atoms with Crippen molar-refractivity contribution in [2.75, 3.05) is 0 Å². The van der Waals surface area contributed by atoms with Crippen molar-refractivity contribution in [3.05, 3.63) is 143 Å². The Bertz CT molecular complexity index is 3460. The van der Waals surface area contributed by atoms with Gasteiger partial charge in [-0.1, -0.05) is 30.3 Å². The topological polar surface area (TPSA) is 110 Å². The average molecular weight is 595 g/mol. The number of hydrogen-bond donors (Lipinski definition) is 1. The van der Waals surface area contributed by atoms with Crippen molar-refractivity contribution in [3.8, 4) is 5.69 Å². The highest BCUT2D eigenvalue weighted by Gasteiger charge is 2.29. The van der Waals surface area contributed by atoms with Crippen LogP contribution in [0.5, 0.6) is 0 Å². The smallest absolute Gasteiger partial charge is 0.289 e. The van der Waals surface area contributed by atoms with Gasteiger partial charge in [-0.2, -0.15) is 4.40 Å². The number of aromatic amines is 1. The summed E-state index contributed by atoms with van der Waals surface area (Å²) in [5, 5.41) is 5.88. The zero-order valence-electron chi connectivity index (χ0n) is 23.6. The Morgan fingerprint density at radius 3 is 1.74 bits per heavy atom. The Morgan fingerprint density at radius 2 is 1.02 bits per heavy atom. The highest BCUT2D eigenvalue weighted by Crippen LogP contribution is 2.44. The van der Waals surface area contributed by atoms with Crippen LogP contribution < -0.4 is 31.9 Å². The molecule has 1 N–H and O–H groups in total. The minimum atomic E-state index is -0.556. The number of fused-ring (bicyclic) bond motifs is 4. The van der Waals surface area contributed by atoms with E-state index in [1.54, 1.807) is 65.1 Å². The molecule has 8 nitrogen and oxygen atoms in total. The van der Waals surface area contributed by atoms with Crippen LogP contribution >= 0.6 is 0 Å². The molecule has 11 aromatic rings. The second-order valence-corrected chi connectivity index (χ2v) is 12.1. The predicted octanol–water partition coefficient (Wildman–Crippen LogP) is 4.76. The molecule has 212 valence electrons. The van der Waals surface area contributed by atoms with E-state index in [0.29, 0.717) is 76.1 Å². The lowest BCUT2D eigenvalue weighted by molar-refractivity contribution is -0.495. The second kappa shape index (κ2) is 7.57. The first-order chi connectivity index (χ1) is 22.4. The molecule has 46 heavy (non-hydrogen) atoms. The van der Waals surface area contributed by atoms with Crippen LogP contribution in [0.3, 0.4) is 0 Å². The van der Waals surface area contributed by atoms with Gasteiger partial charge in [0.15, 0.2) is 21.9 Å². The van der Waals surface area contributed by atoms with E-state index in [2.05, 4.69) is 4.98 Å². The number of benzene rings is 8. The van der Waals surface area contributed by atoms with Crippen molar-refractivity contribution in [2.45, 2.75) is 0 Å². The van der Waals surface area contributed by atoms with Crippen molar-refractivity contribution < 1.29 is 4.40 Å². The van der Waals surface area contributed by atoms with E-state index >= 15 is 0 Å². The summed E-state index contributed by atoms with van der Waals surface area (Å²) in [4.78, 5) is 74.5. The number of pyridine rings is 2. The van der Waals surface area contributed by atoms with Gasteiger partial charge >= 0.3 is 5.56 Å². The van der Waals surface area contributed by atoms with Crippen molar-refractivity contribution in [1.29, 1.82) is 0 Å². The van der Waals surface area contributed by atoms with Crippen LogP contribution in [0.2, 0.25) is 0 Å². The fraction of sp³-hybridized carbons (Fsp3) is 0. The Labute approximate surface area is 253 Å². The molecule has 0 saturated carbocycles. The van der Waals surface area contributed by atoms with Crippen LogP contribution in [0.15, 0.2) is 115 Å². The number of nitrogens with zero attached hydrogens (tertiary/aromatic N) is 2. The Hall–Kier alpha value is -6.54. The molecule has 3 aromatic heterocycles. The maximum Gasteiger partial charge on any atom is 0.347 e. The summed E-state index contributed by atoms with van der Waals surface area (Å²) in [6.07, 6.45) is 0. The quantitative estimate of drug-likeness (QED) is 0.168. The maximum atomic E-state index is 14.5. The molecule has 8 heteroatoms. The fourth-order valence-corrected chi connectivity index (χ4v) is 8.13. The van der Waals surface area contributed by atoms with Gasteiger partial charge in [0.05, 0.1) is 16.5 Å². The molecule has 0 bridgehead atoms. The number of rotatable bonds is 1. The van der Waals surface area contributed by atoms with Crippen molar-refractivity contribution in [2.24, 2.45) is 0 Å². The van der Waals surface area contributed by atoms with Crippen LogP contribution in [0.25, 0.3) is 97.8 Å². The summed E-state index contributed by atoms with van der Waals surface area (Å²) in [5.41, 5.74) is 0.532. The maximum absolute atomic E-state index is 14.5. The van der Waals surface area contributed by atoms with Gasteiger partial charge in [0.1, 0.15) is 0 Å². The van der Waals surface area contributed by atoms with Gasteiger partial charge in [0.2, 0.25) is 0 Å². The first kappa shape index (κ1) is 23.9. The third-order valence-electron chi connectivity index (χ3n) is 9.99. The van der Waals surface area contributed by atoms with E-state index in [0.717, 1.165) is 15.5 Å². The Kier molecular flexibility index (Phi) is 3.92. The molecule has 0 fully saturated rings. The average Bonchev–Trinajstić information content (AvgIpc) is 3.48. The molecule has 0 amide bonds. The zero-order chi connectivity index (χ0) is 30.7. The minimum absolute atomic E-state index is 0.196. The zero-order valence-corrected chi connectivity index (χ0v) is 23.6. The summed E-state index contributed by atoms with van der Waals surface area (Å²) in [6, 6.07) is 26.2. The largest absolute Gasteiger partial charge is 0.347 e. The van der Waals surface area contributed by atoms with E-state index < -0.39 is 11.1 Å². The van der Waals surface area contributed by atoms with E-state index in [4.69, 9.17) is 0 Å². The Balaban J connectivity index is 1.47. The molecule has 0 aliphatic carbocycles. The normalized spacial score (nSPS) is 12.8. The first-order valence-electron chi connectivity index (χ1n) is 14.8. The highest BCUT2D eigenvalue weighted by atomic mass is 16.2. The lowest BCUT2D eigenvalue weighted by Gasteiger charge is -2.19. The number of H-pyrrole nitrogens is 1. The molecule has 0 atom stereocenters.